The molecule has 154 valence electrons. The van der Waals surface area contributed by atoms with Gasteiger partial charge in [-0.2, -0.15) is 0 Å². The van der Waals surface area contributed by atoms with E-state index >= 15 is 0 Å². The Kier molecular flexibility index (Phi) is 3.59. The molecule has 0 saturated carbocycles. The van der Waals surface area contributed by atoms with Crippen LogP contribution >= 0.6 is 11.6 Å². The fourth-order valence-corrected chi connectivity index (χ4v) is 6.20. The summed E-state index contributed by atoms with van der Waals surface area (Å²) in [4.78, 5) is 0. The highest BCUT2D eigenvalue weighted by molar-refractivity contribution is 6.31. The number of fused-ring (bicyclic) bond motifs is 4. The van der Waals surface area contributed by atoms with Gasteiger partial charge in [0.2, 0.25) is 0 Å². The number of benzene rings is 5. The van der Waals surface area contributed by atoms with Crippen molar-refractivity contribution >= 4 is 43.9 Å². The molecule has 1 aliphatic carbocycles. The number of halogens is 1. The van der Waals surface area contributed by atoms with Gasteiger partial charge in [-0.15, -0.1) is 0 Å². The smallest absolute Gasteiger partial charge is 0.0409 e. The van der Waals surface area contributed by atoms with E-state index in [1.165, 1.54) is 65.7 Å². The highest BCUT2D eigenvalue weighted by atomic mass is 35.5. The predicted molar refractivity (Wildman–Crippen MR) is 136 cm³/mol. The molecule has 0 spiro atoms. The highest BCUT2D eigenvalue weighted by Gasteiger charge is 2.39. The topological polar surface area (TPSA) is 0 Å². The molecular weight excluding hydrogens is 396 g/mol. The van der Waals surface area contributed by atoms with Crippen molar-refractivity contribution < 1.29 is 0 Å². The zero-order valence-corrected chi connectivity index (χ0v) is 19.8. The van der Waals surface area contributed by atoms with E-state index in [1.807, 2.05) is 6.07 Å². The van der Waals surface area contributed by atoms with Gasteiger partial charge < -0.3 is 0 Å². The first-order chi connectivity index (χ1) is 14.6. The van der Waals surface area contributed by atoms with Crippen LogP contribution in [0, 0.1) is 6.92 Å². The van der Waals surface area contributed by atoms with Crippen LogP contribution in [0.1, 0.15) is 56.9 Å². The summed E-state index contributed by atoms with van der Waals surface area (Å²) in [6, 6.07) is 20.6. The van der Waals surface area contributed by atoms with E-state index in [1.54, 1.807) is 0 Å². The van der Waals surface area contributed by atoms with Gasteiger partial charge in [-0.25, -0.2) is 0 Å². The average Bonchev–Trinajstić information content (AvgIpc) is 2.94. The molecule has 1 aliphatic rings. The van der Waals surface area contributed by atoms with Crippen LogP contribution in [0.25, 0.3) is 43.4 Å². The van der Waals surface area contributed by atoms with E-state index in [4.69, 9.17) is 11.6 Å². The Morgan fingerprint density at radius 1 is 0.774 bits per heavy atom. The lowest BCUT2D eigenvalue weighted by Crippen LogP contribution is -2.16. The van der Waals surface area contributed by atoms with Crippen molar-refractivity contribution in [1.29, 1.82) is 0 Å². The minimum atomic E-state index is -0.0660. The first-order valence-corrected chi connectivity index (χ1v) is 11.5. The maximum atomic E-state index is 6.44. The molecular formula is C30H27Cl. The Morgan fingerprint density at radius 2 is 1.42 bits per heavy atom. The standard InChI is InChI=1S/C30H27Cl/c1-16-21-10-7-17-13-19(29(2,3)4)14-18-8-11-23(26(21)25(17)18)27-22-12-9-20(31)15-24(22)30(5,6)28(16)27/h7-15H,1-6H3. The van der Waals surface area contributed by atoms with Gasteiger partial charge in [0.05, 0.1) is 0 Å². The summed E-state index contributed by atoms with van der Waals surface area (Å²) >= 11 is 6.44. The van der Waals surface area contributed by atoms with E-state index in [0.717, 1.165) is 5.02 Å². The summed E-state index contributed by atoms with van der Waals surface area (Å²) in [5.41, 5.74) is 8.37. The molecule has 1 heteroatoms. The molecule has 0 heterocycles. The molecule has 31 heavy (non-hydrogen) atoms. The summed E-state index contributed by atoms with van der Waals surface area (Å²) < 4.78 is 0. The van der Waals surface area contributed by atoms with Crippen LogP contribution in [0.15, 0.2) is 54.6 Å². The van der Waals surface area contributed by atoms with Crippen molar-refractivity contribution in [1.82, 2.24) is 0 Å². The third kappa shape index (κ3) is 2.37. The Morgan fingerprint density at radius 3 is 2.06 bits per heavy atom. The minimum absolute atomic E-state index is 0.0660. The summed E-state index contributed by atoms with van der Waals surface area (Å²) in [5.74, 6) is 0. The van der Waals surface area contributed by atoms with Crippen molar-refractivity contribution in [2.24, 2.45) is 0 Å². The van der Waals surface area contributed by atoms with E-state index in [2.05, 4.69) is 90.1 Å². The van der Waals surface area contributed by atoms with Gasteiger partial charge in [-0.3, -0.25) is 0 Å². The molecule has 0 nitrogen and oxygen atoms in total. The molecule has 0 N–H and O–H groups in total. The van der Waals surface area contributed by atoms with Crippen LogP contribution < -0.4 is 0 Å². The third-order valence-electron chi connectivity index (χ3n) is 7.56. The predicted octanol–water partition coefficient (Wildman–Crippen LogP) is 9.15. The van der Waals surface area contributed by atoms with Crippen molar-refractivity contribution in [3.8, 4) is 11.1 Å². The fourth-order valence-electron chi connectivity index (χ4n) is 6.02. The van der Waals surface area contributed by atoms with Gasteiger partial charge in [0.15, 0.2) is 0 Å². The van der Waals surface area contributed by atoms with Gasteiger partial charge in [0.25, 0.3) is 0 Å². The first kappa shape index (κ1) is 19.1. The fraction of sp³-hybridized carbons (Fsp3) is 0.267. The number of aryl methyl sites for hydroxylation is 1. The van der Waals surface area contributed by atoms with Crippen LogP contribution in [0.4, 0.5) is 0 Å². The average molecular weight is 423 g/mol. The van der Waals surface area contributed by atoms with Gasteiger partial charge in [0.1, 0.15) is 0 Å². The second kappa shape index (κ2) is 5.81. The minimum Gasteiger partial charge on any atom is -0.0843 e. The first-order valence-electron chi connectivity index (χ1n) is 11.2. The molecule has 0 radical (unpaired) electrons. The largest absolute Gasteiger partial charge is 0.0843 e. The lowest BCUT2D eigenvalue weighted by molar-refractivity contribution is 0.591. The SMILES string of the molecule is Cc1c2c(c3ccc4cc(C(C)(C)C)cc5ccc1c3c54)-c1ccc(Cl)cc1C2(C)C. The summed E-state index contributed by atoms with van der Waals surface area (Å²) in [5, 5.41) is 9.04. The molecule has 0 bridgehead atoms. The van der Waals surface area contributed by atoms with Crippen molar-refractivity contribution in [2.75, 3.05) is 0 Å². The Bertz CT molecular complexity index is 1520. The molecule has 0 amide bonds. The van der Waals surface area contributed by atoms with Gasteiger partial charge >= 0.3 is 0 Å². The number of hydrogen-bond acceptors (Lipinski definition) is 0. The molecule has 6 rings (SSSR count). The Hall–Kier alpha value is -2.57. The molecule has 5 aromatic rings. The van der Waals surface area contributed by atoms with Gasteiger partial charge in [-0.05, 0) is 90.2 Å². The third-order valence-corrected chi connectivity index (χ3v) is 7.80. The van der Waals surface area contributed by atoms with Crippen LogP contribution in [0.5, 0.6) is 0 Å². The van der Waals surface area contributed by atoms with Crippen LogP contribution in [0.3, 0.4) is 0 Å². The van der Waals surface area contributed by atoms with Gasteiger partial charge in [0, 0.05) is 10.4 Å². The maximum absolute atomic E-state index is 6.44. The molecule has 0 fully saturated rings. The second-order valence-corrected chi connectivity index (χ2v) is 11.3. The highest BCUT2D eigenvalue weighted by Crippen LogP contribution is 2.55. The zero-order valence-electron chi connectivity index (χ0n) is 19.1. The van der Waals surface area contributed by atoms with Crippen molar-refractivity contribution in [3.05, 3.63) is 81.9 Å². The summed E-state index contributed by atoms with van der Waals surface area (Å²) in [7, 11) is 0. The van der Waals surface area contributed by atoms with Crippen molar-refractivity contribution in [3.63, 3.8) is 0 Å². The molecule has 0 aliphatic heterocycles. The lowest BCUT2D eigenvalue weighted by Gasteiger charge is -2.26. The van der Waals surface area contributed by atoms with Crippen molar-refractivity contribution in [2.45, 2.75) is 52.4 Å². The van der Waals surface area contributed by atoms with Crippen LogP contribution in [0.2, 0.25) is 5.02 Å². The number of rotatable bonds is 0. The van der Waals surface area contributed by atoms with E-state index in [9.17, 15) is 0 Å². The Balaban J connectivity index is 1.84. The molecule has 0 saturated heterocycles. The van der Waals surface area contributed by atoms with E-state index < -0.39 is 0 Å². The zero-order chi connectivity index (χ0) is 21.9. The lowest BCUT2D eigenvalue weighted by atomic mass is 9.77. The Labute approximate surface area is 189 Å². The normalized spacial score (nSPS) is 15.2. The molecule has 0 atom stereocenters. The molecule has 5 aromatic carbocycles. The van der Waals surface area contributed by atoms with E-state index in [-0.39, 0.29) is 10.8 Å². The number of hydrogen-bond donors (Lipinski definition) is 0. The monoisotopic (exact) mass is 422 g/mol. The van der Waals surface area contributed by atoms with Crippen LogP contribution in [-0.2, 0) is 10.8 Å². The summed E-state index contributed by atoms with van der Waals surface area (Å²) in [6.07, 6.45) is 0. The van der Waals surface area contributed by atoms with Crippen LogP contribution in [-0.4, -0.2) is 0 Å². The molecule has 0 aromatic heterocycles. The van der Waals surface area contributed by atoms with E-state index in [0.29, 0.717) is 0 Å². The maximum Gasteiger partial charge on any atom is 0.0409 e. The summed E-state index contributed by atoms with van der Waals surface area (Å²) in [6.45, 7) is 13.9. The van der Waals surface area contributed by atoms with Gasteiger partial charge in [-0.1, -0.05) is 88.7 Å². The quantitative estimate of drug-likeness (QED) is 0.218. The molecule has 0 unspecified atom stereocenters. The second-order valence-electron chi connectivity index (χ2n) is 10.8.